The molecule has 11 nitrogen and oxygen atoms in total. The molecule has 0 radical (unpaired) electrons. The molecular formula is C27H27FN6O5. The Morgan fingerprint density at radius 1 is 1.23 bits per heavy atom. The van der Waals surface area contributed by atoms with Gasteiger partial charge in [-0.1, -0.05) is 6.07 Å². The number of carbonyl (C=O) groups excluding carboxylic acids is 2. The zero-order valence-corrected chi connectivity index (χ0v) is 21.9. The van der Waals surface area contributed by atoms with Gasteiger partial charge in [-0.3, -0.25) is 4.79 Å². The summed E-state index contributed by atoms with van der Waals surface area (Å²) >= 11 is 0. The van der Waals surface area contributed by atoms with Gasteiger partial charge in [-0.25, -0.2) is 23.8 Å². The quantitative estimate of drug-likeness (QED) is 0.536. The monoisotopic (exact) mass is 534 g/mol. The normalized spacial score (nSPS) is 18.8. The molecule has 2 aromatic heterocycles. The highest BCUT2D eigenvalue weighted by molar-refractivity contribution is 6.08. The highest BCUT2D eigenvalue weighted by Gasteiger charge is 2.39. The van der Waals surface area contributed by atoms with Crippen LogP contribution in [-0.4, -0.2) is 74.8 Å². The van der Waals surface area contributed by atoms with Gasteiger partial charge in [0.25, 0.3) is 5.91 Å². The number of methoxy groups -OCH3 is 1. The van der Waals surface area contributed by atoms with Crippen LogP contribution in [0.4, 0.5) is 15.0 Å². The first-order chi connectivity index (χ1) is 18.5. The van der Waals surface area contributed by atoms with Crippen LogP contribution in [0.5, 0.6) is 0 Å². The van der Waals surface area contributed by atoms with Crippen LogP contribution in [0.1, 0.15) is 42.4 Å². The lowest BCUT2D eigenvalue weighted by Crippen LogP contribution is -2.37. The lowest BCUT2D eigenvalue weighted by Gasteiger charge is -2.23. The summed E-state index contributed by atoms with van der Waals surface area (Å²) in [6, 6.07) is 9.29. The molecule has 0 aliphatic carbocycles. The Labute approximate surface area is 224 Å². The smallest absolute Gasteiger partial charge is 0.417 e. The fraction of sp³-hybridized carbons (Fsp3) is 0.370. The molecular weight excluding hydrogens is 507 g/mol. The van der Waals surface area contributed by atoms with Crippen molar-refractivity contribution in [2.75, 3.05) is 25.1 Å². The number of ether oxygens (including phenoxy) is 2. The second kappa shape index (κ2) is 9.76. The van der Waals surface area contributed by atoms with Crippen molar-refractivity contribution in [1.29, 1.82) is 5.26 Å². The molecule has 0 saturated carbocycles. The number of hydrogen-bond acceptors (Lipinski definition) is 9. The van der Waals surface area contributed by atoms with E-state index in [1.54, 1.807) is 33.0 Å². The number of pyridine rings is 1. The highest BCUT2D eigenvalue weighted by Crippen LogP contribution is 2.34. The minimum absolute atomic E-state index is 0.0230. The van der Waals surface area contributed by atoms with Crippen molar-refractivity contribution in [3.8, 4) is 23.0 Å². The lowest BCUT2D eigenvalue weighted by atomic mass is 10.0. The number of aromatic nitrogens is 3. The third-order valence-electron chi connectivity index (χ3n) is 6.53. The molecule has 4 heterocycles. The molecule has 2 aliphatic heterocycles. The number of amides is 2. The summed E-state index contributed by atoms with van der Waals surface area (Å²) in [7, 11) is 1.53. The molecule has 202 valence electrons. The van der Waals surface area contributed by atoms with Gasteiger partial charge in [-0.05, 0) is 39.0 Å². The molecule has 2 amide bonds. The Morgan fingerprint density at radius 2 is 2.00 bits per heavy atom. The second-order valence-corrected chi connectivity index (χ2v) is 10.4. The van der Waals surface area contributed by atoms with Gasteiger partial charge >= 0.3 is 6.09 Å². The number of carbonyl (C=O) groups is 2. The number of fused-ring (bicyclic) bond motifs is 1. The third kappa shape index (κ3) is 4.82. The molecule has 1 aromatic carbocycles. The number of benzene rings is 1. The van der Waals surface area contributed by atoms with E-state index < -0.39 is 29.5 Å². The van der Waals surface area contributed by atoms with Crippen molar-refractivity contribution in [2.24, 2.45) is 0 Å². The third-order valence-corrected chi connectivity index (χ3v) is 6.53. The first kappa shape index (κ1) is 26.3. The molecule has 1 saturated heterocycles. The Bertz CT molecular complexity index is 1510. The van der Waals surface area contributed by atoms with E-state index in [1.165, 1.54) is 36.1 Å². The van der Waals surface area contributed by atoms with Gasteiger partial charge in [0.2, 0.25) is 0 Å². The number of aliphatic hydroxyl groups is 1. The van der Waals surface area contributed by atoms with Gasteiger partial charge in [-0.2, -0.15) is 10.4 Å². The zero-order chi connectivity index (χ0) is 28.1. The standard InChI is InChI=1S/C27H27FN6O5/c1-27(2,3)39-26(37)33-12-18-24(25(33)36)19(10-17(30-18)23-15(11-29)6-5-7-16(23)28)34-9-8-22(31-34)32-13-20(35)21(14-32)38-4/h5-10,20-21,35H,12-14H2,1-4H3/t20-,21+/m1/s1. The summed E-state index contributed by atoms with van der Waals surface area (Å²) in [4.78, 5) is 33.6. The van der Waals surface area contributed by atoms with E-state index >= 15 is 0 Å². The van der Waals surface area contributed by atoms with Crippen molar-refractivity contribution in [3.05, 3.63) is 59.2 Å². The second-order valence-electron chi connectivity index (χ2n) is 10.4. The van der Waals surface area contributed by atoms with E-state index in [4.69, 9.17) is 9.47 Å². The van der Waals surface area contributed by atoms with Gasteiger partial charge < -0.3 is 19.5 Å². The van der Waals surface area contributed by atoms with Crippen LogP contribution in [0.15, 0.2) is 36.5 Å². The molecule has 3 aromatic rings. The number of aliphatic hydroxyl groups excluding tert-OH is 1. The zero-order valence-electron chi connectivity index (χ0n) is 21.9. The number of nitrogens with zero attached hydrogens (tertiary/aromatic N) is 6. The first-order valence-corrected chi connectivity index (χ1v) is 12.3. The summed E-state index contributed by atoms with van der Waals surface area (Å²) in [6.45, 7) is 5.61. The number of β-amino-alcohol motifs (C(OH)–C–C–N with tert-alkyl or cyclic N) is 1. The average Bonchev–Trinajstić information content (AvgIpc) is 3.59. The molecule has 0 spiro atoms. The fourth-order valence-electron chi connectivity index (χ4n) is 4.73. The van der Waals surface area contributed by atoms with E-state index in [-0.39, 0.29) is 46.4 Å². The van der Waals surface area contributed by atoms with Gasteiger partial charge in [0.15, 0.2) is 5.82 Å². The summed E-state index contributed by atoms with van der Waals surface area (Å²) in [6.07, 6.45) is -0.274. The molecule has 1 N–H and O–H groups in total. The van der Waals surface area contributed by atoms with Crippen LogP contribution in [0.2, 0.25) is 0 Å². The number of hydrogen-bond donors (Lipinski definition) is 1. The fourth-order valence-corrected chi connectivity index (χ4v) is 4.73. The van der Waals surface area contributed by atoms with Gasteiger partial charge in [0.1, 0.15) is 17.5 Å². The Morgan fingerprint density at radius 3 is 2.67 bits per heavy atom. The Hall–Kier alpha value is -4.34. The van der Waals surface area contributed by atoms with Crippen LogP contribution >= 0.6 is 0 Å². The molecule has 12 heteroatoms. The van der Waals surface area contributed by atoms with Crippen LogP contribution in [0, 0.1) is 17.1 Å². The highest BCUT2D eigenvalue weighted by atomic mass is 19.1. The summed E-state index contributed by atoms with van der Waals surface area (Å²) in [5.41, 5.74) is -0.0777. The maximum Gasteiger partial charge on any atom is 0.417 e. The van der Waals surface area contributed by atoms with E-state index in [0.29, 0.717) is 18.9 Å². The topological polar surface area (TPSA) is 134 Å². The van der Waals surface area contributed by atoms with E-state index in [2.05, 4.69) is 10.1 Å². The van der Waals surface area contributed by atoms with Crippen LogP contribution in [0.3, 0.4) is 0 Å². The molecule has 0 bridgehead atoms. The van der Waals surface area contributed by atoms with Crippen LogP contribution in [0.25, 0.3) is 16.9 Å². The van der Waals surface area contributed by atoms with Gasteiger partial charge in [-0.15, -0.1) is 0 Å². The molecule has 1 fully saturated rings. The van der Waals surface area contributed by atoms with Crippen LogP contribution in [-0.2, 0) is 16.0 Å². The molecule has 2 aliphatic rings. The Balaban J connectivity index is 1.62. The van der Waals surface area contributed by atoms with Gasteiger partial charge in [0.05, 0.1) is 52.5 Å². The predicted molar refractivity (Wildman–Crippen MR) is 137 cm³/mol. The van der Waals surface area contributed by atoms with Crippen molar-refractivity contribution in [3.63, 3.8) is 0 Å². The number of rotatable bonds is 4. The van der Waals surface area contributed by atoms with Crippen molar-refractivity contribution in [1.82, 2.24) is 19.7 Å². The van der Waals surface area contributed by atoms with Crippen molar-refractivity contribution >= 4 is 17.8 Å². The summed E-state index contributed by atoms with van der Waals surface area (Å²) in [5, 5.41) is 24.5. The Kier molecular flexibility index (Phi) is 6.57. The van der Waals surface area contributed by atoms with E-state index in [9.17, 15) is 24.3 Å². The van der Waals surface area contributed by atoms with E-state index in [1.807, 2.05) is 11.0 Å². The van der Waals surface area contributed by atoms with Gasteiger partial charge in [0, 0.05) is 32.5 Å². The molecule has 5 rings (SSSR count). The predicted octanol–water partition coefficient (Wildman–Crippen LogP) is 3.03. The SMILES string of the molecule is CO[C@H]1CN(c2ccn(-c3cc(-c4c(F)cccc4C#N)nc4c3C(=O)N(C(=O)OC(C)(C)C)C4)n2)C[C@H]1O. The minimum Gasteiger partial charge on any atom is -0.443 e. The largest absolute Gasteiger partial charge is 0.443 e. The molecule has 39 heavy (non-hydrogen) atoms. The number of halogens is 1. The lowest BCUT2D eigenvalue weighted by molar-refractivity contribution is 0.0217. The molecule has 0 unspecified atom stereocenters. The number of anilines is 1. The average molecular weight is 535 g/mol. The number of imide groups is 1. The minimum atomic E-state index is -0.834. The first-order valence-electron chi connectivity index (χ1n) is 12.3. The van der Waals surface area contributed by atoms with Crippen molar-refractivity contribution in [2.45, 2.75) is 45.1 Å². The van der Waals surface area contributed by atoms with Crippen LogP contribution < -0.4 is 4.90 Å². The number of nitriles is 1. The summed E-state index contributed by atoms with van der Waals surface area (Å²) < 4.78 is 27.2. The van der Waals surface area contributed by atoms with E-state index in [0.717, 1.165) is 4.90 Å². The maximum atomic E-state index is 15.0. The molecule has 2 atom stereocenters. The summed E-state index contributed by atoms with van der Waals surface area (Å²) in [5.74, 6) is -0.757. The van der Waals surface area contributed by atoms with Crippen molar-refractivity contribution < 1.29 is 28.6 Å². The maximum absolute atomic E-state index is 15.0.